The third kappa shape index (κ3) is 2.24. The first-order valence-electron chi connectivity index (χ1n) is 8.24. The highest BCUT2D eigenvalue weighted by Crippen LogP contribution is 2.62. The Bertz CT molecular complexity index is 356. The van der Waals surface area contributed by atoms with E-state index in [1.54, 1.807) is 0 Å². The second kappa shape index (κ2) is 4.97. The molecule has 0 aromatic heterocycles. The van der Waals surface area contributed by atoms with Gasteiger partial charge in [0.15, 0.2) is 0 Å². The molecule has 4 rings (SSSR count). The van der Waals surface area contributed by atoms with Crippen LogP contribution in [0.25, 0.3) is 0 Å². The van der Waals surface area contributed by atoms with Crippen molar-refractivity contribution in [2.45, 2.75) is 70.6 Å². The fourth-order valence-electron chi connectivity index (χ4n) is 5.24. The average molecular weight is 257 g/mol. The summed E-state index contributed by atoms with van der Waals surface area (Å²) in [6.07, 6.45) is 16.6. The lowest BCUT2D eigenvalue weighted by Crippen LogP contribution is -2.45. The first-order chi connectivity index (χ1) is 9.22. The molecule has 0 saturated heterocycles. The Labute approximate surface area is 118 Å². The minimum Gasteiger partial charge on any atom is -0.198 e. The van der Waals surface area contributed by atoms with Crippen molar-refractivity contribution < 1.29 is 0 Å². The van der Waals surface area contributed by atoms with Crippen LogP contribution in [0.5, 0.6) is 0 Å². The maximum atomic E-state index is 9.39. The zero-order chi connectivity index (χ0) is 13.3. The molecule has 19 heavy (non-hydrogen) atoms. The molecule has 0 unspecified atom stereocenters. The smallest absolute Gasteiger partial charge is 0.0689 e. The van der Waals surface area contributed by atoms with Crippen molar-refractivity contribution in [3.63, 3.8) is 0 Å². The van der Waals surface area contributed by atoms with Gasteiger partial charge in [0.1, 0.15) is 0 Å². The molecular weight excluding hydrogens is 230 g/mol. The Hall–Kier alpha value is -0.770. The van der Waals surface area contributed by atoms with Crippen LogP contribution >= 0.6 is 0 Å². The largest absolute Gasteiger partial charge is 0.198 e. The molecule has 0 aromatic rings. The van der Waals surface area contributed by atoms with Crippen molar-refractivity contribution in [1.82, 2.24) is 0 Å². The topological polar surface area (TPSA) is 23.8 Å². The average Bonchev–Trinajstić information content (AvgIpc) is 2.50. The molecular formula is C18H27N. The lowest BCUT2D eigenvalue weighted by Gasteiger charge is -2.55. The molecule has 4 fully saturated rings. The summed E-state index contributed by atoms with van der Waals surface area (Å²) in [6, 6.07) is 2.64. The van der Waals surface area contributed by atoms with Gasteiger partial charge in [-0.1, -0.05) is 6.08 Å². The molecule has 0 amide bonds. The van der Waals surface area contributed by atoms with E-state index in [0.29, 0.717) is 5.41 Å². The van der Waals surface area contributed by atoms with Crippen LogP contribution in [0.4, 0.5) is 0 Å². The molecule has 1 heteroatoms. The number of nitriles is 1. The van der Waals surface area contributed by atoms with E-state index >= 15 is 0 Å². The Balaban J connectivity index is 1.62. The Morgan fingerprint density at radius 1 is 1.00 bits per heavy atom. The molecule has 1 nitrogen and oxygen atoms in total. The van der Waals surface area contributed by atoms with Gasteiger partial charge in [-0.2, -0.15) is 5.26 Å². The standard InChI is InChI=1S/C18H27N/c1-2-3-15-4-6-16(7-5-15)18-11-8-17(14-19,9-12-18)10-13-18/h2,15-16H,1,3-13H2/t15-,16-,17?,18?. The third-order valence-electron chi connectivity index (χ3n) is 6.75. The highest BCUT2D eigenvalue weighted by atomic mass is 14.6. The summed E-state index contributed by atoms with van der Waals surface area (Å²) >= 11 is 0. The van der Waals surface area contributed by atoms with Gasteiger partial charge >= 0.3 is 0 Å². The number of hydrogen-bond acceptors (Lipinski definition) is 1. The molecule has 0 aliphatic heterocycles. The molecule has 0 spiro atoms. The Morgan fingerprint density at radius 3 is 2.05 bits per heavy atom. The van der Waals surface area contributed by atoms with Crippen LogP contribution in [0.1, 0.15) is 70.6 Å². The summed E-state index contributed by atoms with van der Waals surface area (Å²) in [5.74, 6) is 1.88. The van der Waals surface area contributed by atoms with Gasteiger partial charge in [-0.3, -0.25) is 0 Å². The zero-order valence-electron chi connectivity index (χ0n) is 12.2. The van der Waals surface area contributed by atoms with Crippen LogP contribution < -0.4 is 0 Å². The lowest BCUT2D eigenvalue weighted by atomic mass is 9.49. The predicted octanol–water partition coefficient (Wildman–Crippen LogP) is 5.23. The third-order valence-corrected chi connectivity index (χ3v) is 6.75. The van der Waals surface area contributed by atoms with Gasteiger partial charge in [0.25, 0.3) is 0 Å². The van der Waals surface area contributed by atoms with Crippen molar-refractivity contribution >= 4 is 0 Å². The fourth-order valence-corrected chi connectivity index (χ4v) is 5.24. The van der Waals surface area contributed by atoms with Gasteiger partial charge in [-0.25, -0.2) is 0 Å². The van der Waals surface area contributed by atoms with E-state index in [9.17, 15) is 5.26 Å². The Morgan fingerprint density at radius 2 is 1.58 bits per heavy atom. The molecule has 4 aliphatic rings. The van der Waals surface area contributed by atoms with Crippen molar-refractivity contribution in [2.24, 2.45) is 22.7 Å². The number of nitrogens with zero attached hydrogens (tertiary/aromatic N) is 1. The molecule has 104 valence electrons. The van der Waals surface area contributed by atoms with Gasteiger partial charge in [-0.15, -0.1) is 6.58 Å². The van der Waals surface area contributed by atoms with Crippen LogP contribution in [-0.4, -0.2) is 0 Å². The van der Waals surface area contributed by atoms with E-state index in [1.165, 1.54) is 70.6 Å². The normalized spacial score (nSPS) is 45.6. The van der Waals surface area contributed by atoms with Crippen LogP contribution in [0.2, 0.25) is 0 Å². The van der Waals surface area contributed by atoms with E-state index in [2.05, 4.69) is 18.7 Å². The van der Waals surface area contributed by atoms with Gasteiger partial charge in [0.2, 0.25) is 0 Å². The van der Waals surface area contributed by atoms with Crippen LogP contribution in [0.15, 0.2) is 12.7 Å². The van der Waals surface area contributed by atoms with E-state index in [-0.39, 0.29) is 5.41 Å². The highest BCUT2D eigenvalue weighted by molar-refractivity contribution is 5.10. The first kappa shape index (κ1) is 13.2. The molecule has 0 atom stereocenters. The fraction of sp³-hybridized carbons (Fsp3) is 0.833. The molecule has 4 aliphatic carbocycles. The van der Waals surface area contributed by atoms with Crippen molar-refractivity contribution in [1.29, 1.82) is 5.26 Å². The van der Waals surface area contributed by atoms with E-state index in [0.717, 1.165) is 11.8 Å². The maximum Gasteiger partial charge on any atom is 0.0689 e. The minimum atomic E-state index is 0.0851. The van der Waals surface area contributed by atoms with Crippen LogP contribution in [-0.2, 0) is 0 Å². The summed E-state index contributed by atoms with van der Waals surface area (Å²) < 4.78 is 0. The van der Waals surface area contributed by atoms with Gasteiger partial charge in [0, 0.05) is 0 Å². The predicted molar refractivity (Wildman–Crippen MR) is 78.4 cm³/mol. The summed E-state index contributed by atoms with van der Waals surface area (Å²) in [7, 11) is 0. The lowest BCUT2D eigenvalue weighted by molar-refractivity contribution is -0.0380. The number of rotatable bonds is 3. The van der Waals surface area contributed by atoms with Crippen LogP contribution in [0.3, 0.4) is 0 Å². The van der Waals surface area contributed by atoms with Crippen LogP contribution in [0, 0.1) is 34.0 Å². The van der Waals surface area contributed by atoms with E-state index in [4.69, 9.17) is 0 Å². The first-order valence-corrected chi connectivity index (χ1v) is 8.24. The van der Waals surface area contributed by atoms with E-state index < -0.39 is 0 Å². The highest BCUT2D eigenvalue weighted by Gasteiger charge is 2.52. The molecule has 4 saturated carbocycles. The SMILES string of the molecule is C=CC[C@H]1CC[C@H](C23CCC(C#N)(CC2)CC3)CC1. The van der Waals surface area contributed by atoms with Crippen molar-refractivity contribution in [2.75, 3.05) is 0 Å². The molecule has 0 aromatic carbocycles. The zero-order valence-corrected chi connectivity index (χ0v) is 12.2. The molecule has 2 bridgehead atoms. The monoisotopic (exact) mass is 257 g/mol. The van der Waals surface area contributed by atoms with E-state index in [1.807, 2.05) is 0 Å². The summed E-state index contributed by atoms with van der Waals surface area (Å²) in [4.78, 5) is 0. The molecule has 0 radical (unpaired) electrons. The van der Waals surface area contributed by atoms with Crippen molar-refractivity contribution in [3.05, 3.63) is 12.7 Å². The second-order valence-electron chi connectivity index (χ2n) is 7.50. The number of allylic oxidation sites excluding steroid dienone is 1. The summed E-state index contributed by atoms with van der Waals surface area (Å²) in [5, 5.41) is 9.39. The van der Waals surface area contributed by atoms with Crippen molar-refractivity contribution in [3.8, 4) is 6.07 Å². The number of hydrogen-bond donors (Lipinski definition) is 0. The summed E-state index contributed by atoms with van der Waals surface area (Å²) in [6.45, 7) is 3.89. The molecule has 0 N–H and O–H groups in total. The Kier molecular flexibility index (Phi) is 3.46. The van der Waals surface area contributed by atoms with Gasteiger partial charge in [-0.05, 0) is 87.9 Å². The van der Waals surface area contributed by atoms with Gasteiger partial charge < -0.3 is 0 Å². The number of fused-ring (bicyclic) bond motifs is 3. The molecule has 0 heterocycles. The van der Waals surface area contributed by atoms with Gasteiger partial charge in [0.05, 0.1) is 11.5 Å². The summed E-state index contributed by atoms with van der Waals surface area (Å²) in [5.41, 5.74) is 0.722. The second-order valence-corrected chi connectivity index (χ2v) is 7.50. The quantitative estimate of drug-likeness (QED) is 0.635. The maximum absolute atomic E-state index is 9.39. The minimum absolute atomic E-state index is 0.0851.